The zero-order valence-corrected chi connectivity index (χ0v) is 13.2. The molecule has 0 saturated heterocycles. The van der Waals surface area contributed by atoms with Gasteiger partial charge in [-0.15, -0.1) is 0 Å². The molecule has 2 N–H and O–H groups in total. The summed E-state index contributed by atoms with van der Waals surface area (Å²) < 4.78 is 5.76. The molecule has 110 valence electrons. The van der Waals surface area contributed by atoms with Crippen LogP contribution in [0.4, 0.5) is 0 Å². The molecule has 0 saturated carbocycles. The normalized spacial score (nSPS) is 14.7. The maximum absolute atomic E-state index is 6.45. The van der Waals surface area contributed by atoms with Gasteiger partial charge in [0.15, 0.2) is 0 Å². The Bertz CT molecular complexity index is 681. The molecular weight excluding hydrogens is 282 g/mol. The van der Waals surface area contributed by atoms with Gasteiger partial charge in [0.25, 0.3) is 0 Å². The lowest BCUT2D eigenvalue weighted by molar-refractivity contribution is 0.351. The van der Waals surface area contributed by atoms with Crippen molar-refractivity contribution in [3.8, 4) is 5.75 Å². The van der Waals surface area contributed by atoms with Crippen molar-refractivity contribution in [2.24, 2.45) is 5.73 Å². The Morgan fingerprint density at radius 2 is 2.05 bits per heavy atom. The smallest absolute Gasteiger partial charge is 0.127 e. The molecule has 0 aliphatic carbocycles. The summed E-state index contributed by atoms with van der Waals surface area (Å²) in [6.45, 7) is 4.95. The van der Waals surface area contributed by atoms with E-state index >= 15 is 0 Å². The van der Waals surface area contributed by atoms with Crippen molar-refractivity contribution in [2.75, 3.05) is 6.61 Å². The summed E-state index contributed by atoms with van der Waals surface area (Å²) in [6.07, 6.45) is 1.71. The Balaban J connectivity index is 1.92. The highest BCUT2D eigenvalue weighted by Gasteiger charge is 2.22. The van der Waals surface area contributed by atoms with Crippen LogP contribution in [-0.2, 0) is 12.8 Å². The van der Waals surface area contributed by atoms with Gasteiger partial charge < -0.3 is 10.5 Å². The molecule has 1 aliphatic heterocycles. The van der Waals surface area contributed by atoms with Crippen molar-refractivity contribution in [3.63, 3.8) is 0 Å². The fourth-order valence-electron chi connectivity index (χ4n) is 2.94. The van der Waals surface area contributed by atoms with Gasteiger partial charge in [0.1, 0.15) is 5.75 Å². The van der Waals surface area contributed by atoms with Crippen molar-refractivity contribution >= 4 is 11.6 Å². The van der Waals surface area contributed by atoms with Gasteiger partial charge in [-0.25, -0.2) is 0 Å². The average Bonchev–Trinajstić information content (AvgIpc) is 2.89. The second kappa shape index (κ2) is 5.70. The lowest BCUT2D eigenvalue weighted by Gasteiger charge is -2.17. The SMILES string of the molecule is Cc1ccc(C)c(CC(N)c2cc(Cl)cc3c2OCC3)c1. The molecule has 1 aliphatic rings. The van der Waals surface area contributed by atoms with E-state index in [1.807, 2.05) is 12.1 Å². The number of aryl methyl sites for hydroxylation is 2. The first-order chi connectivity index (χ1) is 10.0. The van der Waals surface area contributed by atoms with Crippen LogP contribution in [0.1, 0.15) is 33.9 Å². The molecule has 0 fully saturated rings. The van der Waals surface area contributed by atoms with Crippen molar-refractivity contribution < 1.29 is 4.74 Å². The summed E-state index contributed by atoms with van der Waals surface area (Å²) in [5.41, 5.74) is 12.5. The molecule has 1 unspecified atom stereocenters. The fraction of sp³-hybridized carbons (Fsp3) is 0.333. The Kier molecular flexibility index (Phi) is 3.92. The molecule has 0 aromatic heterocycles. The number of halogens is 1. The highest BCUT2D eigenvalue weighted by molar-refractivity contribution is 6.30. The lowest BCUT2D eigenvalue weighted by Crippen LogP contribution is -2.15. The second-order valence-electron chi connectivity index (χ2n) is 5.82. The quantitative estimate of drug-likeness (QED) is 0.925. The maximum Gasteiger partial charge on any atom is 0.127 e. The first-order valence-electron chi connectivity index (χ1n) is 7.31. The van der Waals surface area contributed by atoms with E-state index < -0.39 is 0 Å². The monoisotopic (exact) mass is 301 g/mol. The van der Waals surface area contributed by atoms with Crippen molar-refractivity contribution in [1.82, 2.24) is 0 Å². The third-order valence-corrected chi connectivity index (χ3v) is 4.34. The predicted octanol–water partition coefficient (Wildman–Crippen LogP) is 4.13. The second-order valence-corrected chi connectivity index (χ2v) is 6.26. The van der Waals surface area contributed by atoms with Gasteiger partial charge in [-0.05, 0) is 49.1 Å². The van der Waals surface area contributed by atoms with E-state index in [0.29, 0.717) is 0 Å². The molecule has 3 heteroatoms. The number of benzene rings is 2. The molecule has 21 heavy (non-hydrogen) atoms. The van der Waals surface area contributed by atoms with Gasteiger partial charge >= 0.3 is 0 Å². The Morgan fingerprint density at radius 1 is 1.24 bits per heavy atom. The molecule has 0 bridgehead atoms. The van der Waals surface area contributed by atoms with Gasteiger partial charge in [-0.3, -0.25) is 0 Å². The first kappa shape index (κ1) is 14.4. The van der Waals surface area contributed by atoms with E-state index in [-0.39, 0.29) is 6.04 Å². The van der Waals surface area contributed by atoms with Crippen LogP contribution in [0.2, 0.25) is 5.02 Å². The van der Waals surface area contributed by atoms with Gasteiger partial charge in [0.2, 0.25) is 0 Å². The number of hydrogen-bond acceptors (Lipinski definition) is 2. The molecule has 0 spiro atoms. The number of ether oxygens (including phenoxy) is 1. The van der Waals surface area contributed by atoms with E-state index in [9.17, 15) is 0 Å². The molecule has 0 amide bonds. The number of nitrogens with two attached hydrogens (primary N) is 1. The van der Waals surface area contributed by atoms with Gasteiger partial charge in [-0.1, -0.05) is 35.4 Å². The summed E-state index contributed by atoms with van der Waals surface area (Å²) in [7, 11) is 0. The molecule has 0 radical (unpaired) electrons. The van der Waals surface area contributed by atoms with Gasteiger partial charge in [-0.2, -0.15) is 0 Å². The van der Waals surface area contributed by atoms with Crippen LogP contribution in [-0.4, -0.2) is 6.61 Å². The fourth-order valence-corrected chi connectivity index (χ4v) is 3.19. The third-order valence-electron chi connectivity index (χ3n) is 4.12. The van der Waals surface area contributed by atoms with Crippen LogP contribution in [0.3, 0.4) is 0 Å². The minimum absolute atomic E-state index is 0.101. The van der Waals surface area contributed by atoms with E-state index in [1.165, 1.54) is 22.3 Å². The van der Waals surface area contributed by atoms with Crippen molar-refractivity contribution in [1.29, 1.82) is 0 Å². The summed E-state index contributed by atoms with van der Waals surface area (Å²) in [5, 5.41) is 0.741. The van der Waals surface area contributed by atoms with Gasteiger partial charge in [0.05, 0.1) is 6.61 Å². The molecule has 1 atom stereocenters. The Morgan fingerprint density at radius 3 is 2.86 bits per heavy atom. The van der Waals surface area contributed by atoms with E-state index in [2.05, 4.69) is 32.0 Å². The minimum atomic E-state index is -0.101. The highest BCUT2D eigenvalue weighted by Crippen LogP contribution is 2.36. The first-order valence-corrected chi connectivity index (χ1v) is 7.69. The molecule has 2 aromatic carbocycles. The predicted molar refractivity (Wildman–Crippen MR) is 87.2 cm³/mol. The van der Waals surface area contributed by atoms with Crippen LogP contribution in [0.15, 0.2) is 30.3 Å². The van der Waals surface area contributed by atoms with E-state index in [0.717, 1.165) is 35.8 Å². The maximum atomic E-state index is 6.45. The van der Waals surface area contributed by atoms with Crippen LogP contribution in [0.5, 0.6) is 5.75 Å². The Hall–Kier alpha value is -1.51. The minimum Gasteiger partial charge on any atom is -0.493 e. The summed E-state index contributed by atoms with van der Waals surface area (Å²) in [6, 6.07) is 10.3. The van der Waals surface area contributed by atoms with E-state index in [1.54, 1.807) is 0 Å². The van der Waals surface area contributed by atoms with Gasteiger partial charge in [0, 0.05) is 23.0 Å². The number of hydrogen-bond donors (Lipinski definition) is 1. The van der Waals surface area contributed by atoms with Crippen LogP contribution in [0.25, 0.3) is 0 Å². The number of fused-ring (bicyclic) bond motifs is 1. The van der Waals surface area contributed by atoms with Crippen LogP contribution >= 0.6 is 11.6 Å². The summed E-state index contributed by atoms with van der Waals surface area (Å²) >= 11 is 6.22. The van der Waals surface area contributed by atoms with Crippen molar-refractivity contribution in [2.45, 2.75) is 32.7 Å². The highest BCUT2D eigenvalue weighted by atomic mass is 35.5. The lowest BCUT2D eigenvalue weighted by atomic mass is 9.94. The van der Waals surface area contributed by atoms with E-state index in [4.69, 9.17) is 22.1 Å². The zero-order valence-electron chi connectivity index (χ0n) is 12.4. The number of rotatable bonds is 3. The molecule has 1 heterocycles. The van der Waals surface area contributed by atoms with Crippen molar-refractivity contribution in [3.05, 3.63) is 63.2 Å². The summed E-state index contributed by atoms with van der Waals surface area (Å²) in [4.78, 5) is 0. The largest absolute Gasteiger partial charge is 0.493 e. The standard InChI is InChI=1S/C18H20ClNO/c1-11-3-4-12(2)14(7-11)9-17(20)16-10-15(19)8-13-5-6-21-18(13)16/h3-4,7-8,10,17H,5-6,9,20H2,1-2H3. The third kappa shape index (κ3) is 2.92. The zero-order chi connectivity index (χ0) is 15.0. The molecule has 2 nitrogen and oxygen atoms in total. The molecule has 3 rings (SSSR count). The van der Waals surface area contributed by atoms with Crippen LogP contribution < -0.4 is 10.5 Å². The Labute approximate surface area is 130 Å². The summed E-state index contributed by atoms with van der Waals surface area (Å²) in [5.74, 6) is 0.942. The average molecular weight is 302 g/mol. The molecular formula is C18H20ClNO. The topological polar surface area (TPSA) is 35.2 Å². The van der Waals surface area contributed by atoms with Crippen LogP contribution in [0, 0.1) is 13.8 Å². The molecule has 2 aromatic rings.